The molecule has 0 aliphatic heterocycles. The second-order valence-electron chi connectivity index (χ2n) is 11.5. The molecule has 0 saturated heterocycles. The molecule has 0 bridgehead atoms. The van der Waals surface area contributed by atoms with Gasteiger partial charge in [0.2, 0.25) is 0 Å². The zero-order valence-corrected chi connectivity index (χ0v) is 35.3. The Hall–Kier alpha value is -1.69. The number of aromatic nitrogens is 4. The molecule has 3 N–H and O–H groups in total. The van der Waals surface area contributed by atoms with Gasteiger partial charge in [-0.15, -0.1) is 0 Å². The molecule has 52 heavy (non-hydrogen) atoms. The van der Waals surface area contributed by atoms with Crippen molar-refractivity contribution in [3.05, 3.63) is 79.5 Å². The Labute approximate surface area is 334 Å². The smallest absolute Gasteiger partial charge is 0.356 e. The van der Waals surface area contributed by atoms with Crippen molar-refractivity contribution in [3.8, 4) is 11.8 Å². The lowest BCUT2D eigenvalue weighted by molar-refractivity contribution is 0.152. The highest BCUT2D eigenvalue weighted by Crippen LogP contribution is 2.47. The van der Waals surface area contributed by atoms with Gasteiger partial charge >= 0.3 is 7.60 Å². The van der Waals surface area contributed by atoms with Crippen molar-refractivity contribution < 1.29 is 28.6 Å². The van der Waals surface area contributed by atoms with Crippen LogP contribution in [-0.2, 0) is 38.1 Å². The van der Waals surface area contributed by atoms with Gasteiger partial charge in [0.15, 0.2) is 0 Å². The summed E-state index contributed by atoms with van der Waals surface area (Å²) in [5.41, 5.74) is 1.86. The Morgan fingerprint density at radius 1 is 0.827 bits per heavy atom. The number of rotatable bonds is 16. The highest BCUT2D eigenvalue weighted by Gasteiger charge is 2.24. The third-order valence-corrected chi connectivity index (χ3v) is 11.5. The molecule has 2 aromatic heterocycles. The van der Waals surface area contributed by atoms with Gasteiger partial charge in [-0.3, -0.25) is 4.57 Å². The van der Waals surface area contributed by atoms with E-state index < -0.39 is 7.60 Å². The maximum Gasteiger partial charge on any atom is 0.356 e. The Kier molecular flexibility index (Phi) is 18.9. The molecule has 0 amide bonds. The number of hydrogen-bond acceptors (Lipinski definition) is 10. The van der Waals surface area contributed by atoms with Crippen LogP contribution in [0.1, 0.15) is 76.4 Å². The molecular formula is C35H43Cl4N4O6PS2. The highest BCUT2D eigenvalue weighted by atomic mass is 35.5. The van der Waals surface area contributed by atoms with E-state index in [1.807, 2.05) is 42.7 Å². The lowest BCUT2D eigenvalue weighted by Gasteiger charge is -2.15. The van der Waals surface area contributed by atoms with Crippen LogP contribution < -0.4 is 0 Å². The average molecular weight is 853 g/mol. The van der Waals surface area contributed by atoms with Crippen LogP contribution in [0.5, 0.6) is 0 Å². The maximum absolute atomic E-state index is 12.4. The van der Waals surface area contributed by atoms with Crippen LogP contribution in [0.25, 0.3) is 0 Å². The summed E-state index contributed by atoms with van der Waals surface area (Å²) in [6.07, 6.45) is -0.162. The Bertz CT molecular complexity index is 1830. The van der Waals surface area contributed by atoms with Crippen molar-refractivity contribution in [3.63, 3.8) is 0 Å². The van der Waals surface area contributed by atoms with E-state index in [0.717, 1.165) is 31.2 Å². The second-order valence-corrected chi connectivity index (χ2v) is 17.4. The molecule has 0 atom stereocenters. The fourth-order valence-corrected chi connectivity index (χ4v) is 9.58. The van der Waals surface area contributed by atoms with Crippen molar-refractivity contribution in [2.45, 2.75) is 93.0 Å². The van der Waals surface area contributed by atoms with Gasteiger partial charge in [0, 0.05) is 29.9 Å². The fourth-order valence-electron chi connectivity index (χ4n) is 4.53. The van der Waals surface area contributed by atoms with E-state index in [-0.39, 0.29) is 45.3 Å². The minimum Gasteiger partial charge on any atom is -0.388 e. The molecule has 0 saturated carbocycles. The standard InChI is InChI=1S/C22H29Cl2N2O5PS.C13H14Cl2N2OS/c1-5-30-32(28,31-6-2)15-29-10-8-7-9-26-20(14-27)25-21(16(3)4)22(26)33-19-12-17(23)11-18(24)13-19;1-7(2)12-13(17-11(6-18)16-12)19-10-4-8(14)3-9(15)5-10/h11-13,16,27H,5-6,9-10,14-15H2,1-4H3;3-5,7,18H,6H2,1-2H3,(H,16,17). The number of nitrogens with one attached hydrogen (secondary N) is 1. The van der Waals surface area contributed by atoms with Gasteiger partial charge in [-0.1, -0.05) is 109 Å². The van der Waals surface area contributed by atoms with Gasteiger partial charge in [-0.2, -0.15) is 0 Å². The number of nitrogens with zero attached hydrogens (tertiary/aromatic N) is 3. The minimum atomic E-state index is -3.26. The van der Waals surface area contributed by atoms with Crippen molar-refractivity contribution >= 4 is 77.5 Å². The Morgan fingerprint density at radius 3 is 1.87 bits per heavy atom. The summed E-state index contributed by atoms with van der Waals surface area (Å²) in [4.78, 5) is 13.9. The molecule has 0 aliphatic carbocycles. The van der Waals surface area contributed by atoms with E-state index in [9.17, 15) is 9.67 Å². The molecule has 284 valence electrons. The van der Waals surface area contributed by atoms with Crippen LogP contribution in [0, 0.1) is 11.8 Å². The number of aliphatic hydroxyl groups excluding tert-OH is 2. The van der Waals surface area contributed by atoms with Crippen LogP contribution in [-0.4, -0.2) is 55.9 Å². The van der Waals surface area contributed by atoms with E-state index in [1.54, 1.807) is 26.0 Å². The average Bonchev–Trinajstić information content (AvgIpc) is 3.63. The maximum atomic E-state index is 12.4. The third-order valence-electron chi connectivity index (χ3n) is 6.73. The zero-order chi connectivity index (χ0) is 38.4. The molecule has 4 rings (SSSR count). The van der Waals surface area contributed by atoms with E-state index in [1.165, 1.54) is 23.5 Å². The van der Waals surface area contributed by atoms with Crippen LogP contribution >= 0.6 is 77.5 Å². The molecule has 17 heteroatoms. The number of benzene rings is 2. The number of H-pyrrole nitrogens is 1. The molecule has 0 aliphatic rings. The second kappa shape index (κ2) is 22.0. The summed E-state index contributed by atoms with van der Waals surface area (Å²) >= 11 is 27.2. The Balaban J connectivity index is 0.000000323. The monoisotopic (exact) mass is 850 g/mol. The van der Waals surface area contributed by atoms with Crippen LogP contribution in [0.4, 0.5) is 0 Å². The van der Waals surface area contributed by atoms with Crippen molar-refractivity contribution in [2.24, 2.45) is 0 Å². The fraction of sp³-hybridized carbons (Fsp3) is 0.429. The Morgan fingerprint density at radius 2 is 1.38 bits per heavy atom. The number of halogens is 4. The van der Waals surface area contributed by atoms with Gasteiger partial charge < -0.3 is 33.5 Å². The quantitative estimate of drug-likeness (QED) is 0.0569. The molecule has 10 nitrogen and oxygen atoms in total. The summed E-state index contributed by atoms with van der Waals surface area (Å²) in [5, 5.41) is 23.0. The van der Waals surface area contributed by atoms with Crippen LogP contribution in [0.15, 0.2) is 56.2 Å². The van der Waals surface area contributed by atoms with Gasteiger partial charge in [0.05, 0.1) is 31.1 Å². The molecule has 2 aromatic carbocycles. The van der Waals surface area contributed by atoms with E-state index in [0.29, 0.717) is 44.2 Å². The third kappa shape index (κ3) is 13.9. The lowest BCUT2D eigenvalue weighted by Crippen LogP contribution is -2.05. The summed E-state index contributed by atoms with van der Waals surface area (Å²) in [5.74, 6) is 7.45. The van der Waals surface area contributed by atoms with E-state index in [2.05, 4.69) is 40.6 Å². The summed E-state index contributed by atoms with van der Waals surface area (Å²) < 4.78 is 30.0. The number of hydrogen-bond donors (Lipinski definition) is 3. The van der Waals surface area contributed by atoms with Gasteiger partial charge in [0.25, 0.3) is 0 Å². The number of ether oxygens (including phenoxy) is 1. The van der Waals surface area contributed by atoms with Crippen LogP contribution in [0.2, 0.25) is 20.1 Å². The van der Waals surface area contributed by atoms with Gasteiger partial charge in [-0.05, 0) is 62.1 Å². The van der Waals surface area contributed by atoms with Crippen molar-refractivity contribution in [1.82, 2.24) is 19.5 Å². The largest absolute Gasteiger partial charge is 0.388 e. The first kappa shape index (κ1) is 44.7. The zero-order valence-electron chi connectivity index (χ0n) is 29.7. The predicted molar refractivity (Wildman–Crippen MR) is 211 cm³/mol. The lowest BCUT2D eigenvalue weighted by atomic mass is 10.1. The molecule has 0 unspecified atom stereocenters. The van der Waals surface area contributed by atoms with E-state index in [4.69, 9.17) is 65.3 Å². The first-order chi connectivity index (χ1) is 24.7. The normalized spacial score (nSPS) is 11.5. The first-order valence-electron chi connectivity index (χ1n) is 16.3. The SMILES string of the molecule is CC(C)c1[nH]c(CO)nc1Sc1cc(Cl)cc(Cl)c1.CCOP(=O)(COCC#CCn1c(CO)nc(C(C)C)c1Sc1cc(Cl)cc(Cl)c1)OCC. The number of imidazole rings is 2. The topological polar surface area (TPSA) is 132 Å². The molecular weight excluding hydrogens is 809 g/mol. The molecule has 4 aromatic rings. The summed E-state index contributed by atoms with van der Waals surface area (Å²) in [6.45, 7) is 12.3. The summed E-state index contributed by atoms with van der Waals surface area (Å²) in [7, 11) is -3.26. The molecule has 0 fully saturated rings. The molecule has 0 spiro atoms. The predicted octanol–water partition coefficient (Wildman–Crippen LogP) is 10.7. The summed E-state index contributed by atoms with van der Waals surface area (Å²) in [6, 6.07) is 10.7. The van der Waals surface area contributed by atoms with Crippen molar-refractivity contribution in [2.75, 3.05) is 26.2 Å². The van der Waals surface area contributed by atoms with Gasteiger partial charge in [-0.25, -0.2) is 9.97 Å². The number of aliphatic hydroxyl groups is 2. The number of aromatic amines is 1. The highest BCUT2D eigenvalue weighted by molar-refractivity contribution is 7.99. The van der Waals surface area contributed by atoms with Gasteiger partial charge in [0.1, 0.15) is 47.9 Å². The molecule has 2 heterocycles. The van der Waals surface area contributed by atoms with Crippen LogP contribution in [0.3, 0.4) is 0 Å². The van der Waals surface area contributed by atoms with E-state index >= 15 is 0 Å². The minimum absolute atomic E-state index is 0.0662. The van der Waals surface area contributed by atoms with Crippen molar-refractivity contribution in [1.29, 1.82) is 0 Å². The molecule has 0 radical (unpaired) electrons. The first-order valence-corrected chi connectivity index (χ1v) is 21.2.